The normalized spacial score (nSPS) is 15.0. The first-order valence-electron chi connectivity index (χ1n) is 10.6. The van der Waals surface area contributed by atoms with Crippen LogP contribution in [0.25, 0.3) is 10.1 Å². The van der Waals surface area contributed by atoms with Crippen LogP contribution in [-0.2, 0) is 6.54 Å². The van der Waals surface area contributed by atoms with E-state index in [1.165, 1.54) is 22.9 Å². The molecule has 0 bridgehead atoms. The molecule has 1 fully saturated rings. The Hall–Kier alpha value is -1.91. The molecule has 0 amide bonds. The van der Waals surface area contributed by atoms with Gasteiger partial charge in [0.15, 0.2) is 5.96 Å². The number of guanidine groups is 1. The quantitative estimate of drug-likeness (QED) is 0.232. The summed E-state index contributed by atoms with van der Waals surface area (Å²) in [6.07, 6.45) is 3.76. The molecule has 1 aliphatic rings. The highest BCUT2D eigenvalue weighted by atomic mass is 127. The number of aliphatic imine (C=N–C) groups is 1. The van der Waals surface area contributed by atoms with Crippen molar-refractivity contribution < 1.29 is 5.11 Å². The lowest BCUT2D eigenvalue weighted by atomic mass is 10.2. The Morgan fingerprint density at radius 1 is 1.19 bits per heavy atom. The van der Waals surface area contributed by atoms with Crippen LogP contribution in [0.5, 0.6) is 0 Å². The van der Waals surface area contributed by atoms with Crippen molar-refractivity contribution >= 4 is 57.2 Å². The number of pyridine rings is 1. The summed E-state index contributed by atoms with van der Waals surface area (Å²) < 4.78 is 1.19. The molecule has 0 aliphatic carbocycles. The molecular formula is C23H30IN5OS. The standard InChI is InChI=1S/C23H29N5OS.HI/c1-2-24-23(26-15-17-9-10-25-22(13-17)28-11-5-6-12-28)27-16-19(29)21-14-18-7-3-4-8-20(18)30-21;/h3-4,7-10,13-14,19,29H,2,5-6,11-12,15-16H2,1H3,(H2,24,26,27);1H. The first kappa shape index (κ1) is 23.7. The van der Waals surface area contributed by atoms with Gasteiger partial charge in [0.05, 0.1) is 6.54 Å². The number of thiophene rings is 1. The smallest absolute Gasteiger partial charge is 0.191 e. The number of hydrogen-bond donors (Lipinski definition) is 3. The highest BCUT2D eigenvalue weighted by Crippen LogP contribution is 2.29. The van der Waals surface area contributed by atoms with Crippen molar-refractivity contribution in [3.8, 4) is 0 Å². The third-order valence-corrected chi connectivity index (χ3v) is 6.46. The van der Waals surface area contributed by atoms with Crippen LogP contribution in [0.4, 0.5) is 5.82 Å². The predicted octanol–water partition coefficient (Wildman–Crippen LogP) is 4.30. The molecule has 2 aromatic heterocycles. The number of rotatable bonds is 7. The average molecular weight is 551 g/mol. The molecule has 166 valence electrons. The molecule has 8 heteroatoms. The van der Waals surface area contributed by atoms with E-state index in [0.717, 1.165) is 35.9 Å². The summed E-state index contributed by atoms with van der Waals surface area (Å²) in [7, 11) is 0. The molecule has 3 aromatic rings. The molecule has 0 saturated carbocycles. The first-order chi connectivity index (χ1) is 14.7. The summed E-state index contributed by atoms with van der Waals surface area (Å²) in [5, 5.41) is 18.3. The van der Waals surface area contributed by atoms with E-state index in [1.807, 2.05) is 31.3 Å². The molecule has 1 unspecified atom stereocenters. The van der Waals surface area contributed by atoms with E-state index in [9.17, 15) is 5.11 Å². The van der Waals surface area contributed by atoms with Crippen LogP contribution in [0.2, 0.25) is 0 Å². The number of fused-ring (bicyclic) bond motifs is 1. The van der Waals surface area contributed by atoms with Gasteiger partial charge in [0.25, 0.3) is 0 Å². The summed E-state index contributed by atoms with van der Waals surface area (Å²) in [5.74, 6) is 1.75. The van der Waals surface area contributed by atoms with E-state index in [-0.39, 0.29) is 24.0 Å². The molecule has 4 rings (SSSR count). The van der Waals surface area contributed by atoms with Crippen LogP contribution < -0.4 is 15.5 Å². The topological polar surface area (TPSA) is 72.8 Å². The number of aliphatic hydroxyl groups is 1. The number of nitrogens with one attached hydrogen (secondary N) is 2. The van der Waals surface area contributed by atoms with E-state index < -0.39 is 6.10 Å². The molecule has 0 spiro atoms. The second-order valence-corrected chi connectivity index (χ2v) is 8.61. The maximum atomic E-state index is 10.6. The summed E-state index contributed by atoms with van der Waals surface area (Å²) in [6, 6.07) is 14.4. The van der Waals surface area contributed by atoms with Gasteiger partial charge in [-0.15, -0.1) is 35.3 Å². The molecule has 1 saturated heterocycles. The number of anilines is 1. The number of hydrogen-bond acceptors (Lipinski definition) is 5. The van der Waals surface area contributed by atoms with Crippen molar-refractivity contribution in [2.75, 3.05) is 31.1 Å². The maximum Gasteiger partial charge on any atom is 0.191 e. The number of aromatic nitrogens is 1. The van der Waals surface area contributed by atoms with E-state index >= 15 is 0 Å². The van der Waals surface area contributed by atoms with Crippen molar-refractivity contribution in [2.24, 2.45) is 4.99 Å². The lowest BCUT2D eigenvalue weighted by molar-refractivity contribution is 0.184. The largest absolute Gasteiger partial charge is 0.386 e. The fourth-order valence-electron chi connectivity index (χ4n) is 3.65. The van der Waals surface area contributed by atoms with Gasteiger partial charge in [-0.3, -0.25) is 0 Å². The Kier molecular flexibility index (Phi) is 8.91. The zero-order chi connectivity index (χ0) is 20.8. The predicted molar refractivity (Wildman–Crippen MR) is 141 cm³/mol. The lowest BCUT2D eigenvalue weighted by Crippen LogP contribution is -2.39. The van der Waals surface area contributed by atoms with Gasteiger partial charge >= 0.3 is 0 Å². The zero-order valence-electron chi connectivity index (χ0n) is 17.8. The third kappa shape index (κ3) is 6.30. The van der Waals surface area contributed by atoms with Crippen LogP contribution in [0.15, 0.2) is 53.7 Å². The van der Waals surface area contributed by atoms with Gasteiger partial charge in [0, 0.05) is 42.0 Å². The van der Waals surface area contributed by atoms with Crippen molar-refractivity contribution in [3.05, 3.63) is 59.1 Å². The zero-order valence-corrected chi connectivity index (χ0v) is 20.9. The second-order valence-electron chi connectivity index (χ2n) is 7.49. The molecular weight excluding hydrogens is 521 g/mol. The van der Waals surface area contributed by atoms with Crippen molar-refractivity contribution in [2.45, 2.75) is 32.4 Å². The van der Waals surface area contributed by atoms with Crippen LogP contribution in [0, 0.1) is 0 Å². The molecule has 31 heavy (non-hydrogen) atoms. The molecule has 6 nitrogen and oxygen atoms in total. The average Bonchev–Trinajstić information content (AvgIpc) is 3.46. The van der Waals surface area contributed by atoms with E-state index in [0.29, 0.717) is 19.0 Å². The van der Waals surface area contributed by atoms with Gasteiger partial charge in [0.1, 0.15) is 11.9 Å². The minimum atomic E-state index is -0.575. The van der Waals surface area contributed by atoms with Crippen LogP contribution in [-0.4, -0.2) is 42.2 Å². The third-order valence-electron chi connectivity index (χ3n) is 5.24. The maximum absolute atomic E-state index is 10.6. The first-order valence-corrected chi connectivity index (χ1v) is 11.4. The Morgan fingerprint density at radius 3 is 2.77 bits per heavy atom. The van der Waals surface area contributed by atoms with Crippen molar-refractivity contribution in [3.63, 3.8) is 0 Å². The van der Waals surface area contributed by atoms with Gasteiger partial charge in [-0.25, -0.2) is 9.98 Å². The van der Waals surface area contributed by atoms with Gasteiger partial charge in [-0.1, -0.05) is 18.2 Å². The number of nitrogens with zero attached hydrogens (tertiary/aromatic N) is 3. The van der Waals surface area contributed by atoms with E-state index in [2.05, 4.69) is 44.8 Å². The molecule has 1 aromatic carbocycles. The minimum Gasteiger partial charge on any atom is -0.386 e. The molecule has 3 heterocycles. The second kappa shape index (κ2) is 11.6. The number of aliphatic hydroxyl groups excluding tert-OH is 1. The fourth-order valence-corrected chi connectivity index (χ4v) is 4.70. The Morgan fingerprint density at radius 2 is 2.00 bits per heavy atom. The SMILES string of the molecule is CCNC(=NCc1ccnc(N2CCCC2)c1)NCC(O)c1cc2ccccc2s1.I. The van der Waals surface area contributed by atoms with Crippen LogP contribution in [0.1, 0.15) is 36.3 Å². The molecule has 1 atom stereocenters. The summed E-state index contributed by atoms with van der Waals surface area (Å²) in [5.41, 5.74) is 1.13. The highest BCUT2D eigenvalue weighted by molar-refractivity contribution is 14.0. The Balaban J connectivity index is 0.00000272. The van der Waals surface area contributed by atoms with E-state index in [1.54, 1.807) is 11.3 Å². The van der Waals surface area contributed by atoms with E-state index in [4.69, 9.17) is 4.99 Å². The van der Waals surface area contributed by atoms with Crippen LogP contribution in [0.3, 0.4) is 0 Å². The molecule has 0 radical (unpaired) electrons. The highest BCUT2D eigenvalue weighted by Gasteiger charge is 2.14. The number of benzene rings is 1. The van der Waals surface area contributed by atoms with Crippen molar-refractivity contribution in [1.29, 1.82) is 0 Å². The summed E-state index contributed by atoms with van der Waals surface area (Å²) in [4.78, 5) is 12.5. The van der Waals surface area contributed by atoms with Gasteiger partial charge in [-0.2, -0.15) is 0 Å². The van der Waals surface area contributed by atoms with Crippen molar-refractivity contribution in [1.82, 2.24) is 15.6 Å². The Labute approximate surface area is 204 Å². The molecule has 3 N–H and O–H groups in total. The summed E-state index contributed by atoms with van der Waals surface area (Å²) in [6.45, 7) is 5.95. The minimum absolute atomic E-state index is 0. The Bertz CT molecular complexity index is 969. The number of halogens is 1. The van der Waals surface area contributed by atoms with Gasteiger partial charge < -0.3 is 20.6 Å². The monoisotopic (exact) mass is 551 g/mol. The van der Waals surface area contributed by atoms with Gasteiger partial charge in [0.2, 0.25) is 0 Å². The molecule has 1 aliphatic heterocycles. The van der Waals surface area contributed by atoms with Crippen LogP contribution >= 0.6 is 35.3 Å². The van der Waals surface area contributed by atoms with Gasteiger partial charge in [-0.05, 0) is 55.0 Å². The fraction of sp³-hybridized carbons (Fsp3) is 0.391. The summed E-state index contributed by atoms with van der Waals surface area (Å²) >= 11 is 1.63. The lowest BCUT2D eigenvalue weighted by Gasteiger charge is -2.17.